The normalized spacial score (nSPS) is 13.8. The van der Waals surface area contributed by atoms with E-state index in [1.807, 2.05) is 57.6 Å². The maximum absolute atomic E-state index is 12.6. The standard InChI is InChI=1S/C40H67NO7/c1-6-8-10-12-14-16-18-19-21-23-25-27-29-31-39(43)48-36(34-46-33-32-37(40(44)45)41(3,4)5)35-47-38(42)30-28-26-24-22-20-17-15-13-11-9-7-2/h8,10,12-16,18-19,21,36-37H,6-7,9,11,17,20,22-35H2,1-5H3/p+1/b10-8+,14-12+,15-13+,18-16+,21-19+. The van der Waals surface area contributed by atoms with Crippen LogP contribution >= 0.6 is 0 Å². The number of unbranched alkanes of at least 4 members (excludes halogenated alkanes) is 10. The fourth-order valence-corrected chi connectivity index (χ4v) is 4.84. The SMILES string of the molecule is CC/C=C/C=C/C=C/C=C/CCCCCC(=O)OC(COCCC(C(=O)O)[N+](C)(C)C)COC(=O)CCCCCCC/C=C/CCCC. The lowest BCUT2D eigenvalue weighted by atomic mass is 10.1. The summed E-state index contributed by atoms with van der Waals surface area (Å²) in [6.07, 6.45) is 35.5. The Morgan fingerprint density at radius 3 is 1.81 bits per heavy atom. The summed E-state index contributed by atoms with van der Waals surface area (Å²) in [5.41, 5.74) is 0. The summed E-state index contributed by atoms with van der Waals surface area (Å²) >= 11 is 0. The Balaban J connectivity index is 4.55. The maximum atomic E-state index is 12.6. The number of hydrogen-bond acceptors (Lipinski definition) is 6. The lowest BCUT2D eigenvalue weighted by molar-refractivity contribution is -0.887. The van der Waals surface area contributed by atoms with Crippen molar-refractivity contribution in [3.8, 4) is 0 Å². The van der Waals surface area contributed by atoms with Crippen LogP contribution in [0.1, 0.15) is 123 Å². The van der Waals surface area contributed by atoms with Gasteiger partial charge in [-0.1, -0.05) is 113 Å². The summed E-state index contributed by atoms with van der Waals surface area (Å²) < 4.78 is 17.1. The number of esters is 2. The zero-order valence-corrected chi connectivity index (χ0v) is 30.9. The number of carbonyl (C=O) groups is 3. The van der Waals surface area contributed by atoms with Crippen LogP contribution in [0.2, 0.25) is 0 Å². The number of likely N-dealkylation sites (N-methyl/N-ethyl adjacent to an activating group) is 1. The number of ether oxygens (including phenoxy) is 3. The van der Waals surface area contributed by atoms with Crippen LogP contribution < -0.4 is 0 Å². The van der Waals surface area contributed by atoms with Gasteiger partial charge in [0.2, 0.25) is 0 Å². The number of carboxylic acid groups (broad SMARTS) is 1. The van der Waals surface area contributed by atoms with Crippen molar-refractivity contribution in [1.29, 1.82) is 0 Å². The van der Waals surface area contributed by atoms with Crippen molar-refractivity contribution in [3.05, 3.63) is 60.8 Å². The lowest BCUT2D eigenvalue weighted by Crippen LogP contribution is -2.50. The Hall–Kier alpha value is -2.97. The second-order valence-corrected chi connectivity index (χ2v) is 13.2. The number of carboxylic acids is 1. The summed E-state index contributed by atoms with van der Waals surface area (Å²) in [4.78, 5) is 36.7. The van der Waals surface area contributed by atoms with E-state index in [0.29, 0.717) is 19.3 Å². The van der Waals surface area contributed by atoms with Gasteiger partial charge in [0.1, 0.15) is 6.61 Å². The Morgan fingerprint density at radius 1 is 0.646 bits per heavy atom. The van der Waals surface area contributed by atoms with E-state index in [1.54, 1.807) is 0 Å². The number of nitrogens with zero attached hydrogens (tertiary/aromatic N) is 1. The molecule has 1 N–H and O–H groups in total. The Kier molecular flexibility index (Phi) is 29.4. The largest absolute Gasteiger partial charge is 0.477 e. The highest BCUT2D eigenvalue weighted by Crippen LogP contribution is 2.12. The van der Waals surface area contributed by atoms with Crippen molar-refractivity contribution in [2.75, 3.05) is 41.0 Å². The van der Waals surface area contributed by atoms with E-state index in [9.17, 15) is 19.5 Å². The van der Waals surface area contributed by atoms with Crippen LogP contribution in [0.4, 0.5) is 0 Å². The average Bonchev–Trinajstić information content (AvgIpc) is 3.03. The molecule has 0 aliphatic carbocycles. The molecule has 0 radical (unpaired) electrons. The summed E-state index contributed by atoms with van der Waals surface area (Å²) in [5.74, 6) is -1.54. The smallest absolute Gasteiger partial charge is 0.362 e. The fraction of sp³-hybridized carbons (Fsp3) is 0.675. The first kappa shape index (κ1) is 45.0. The molecular formula is C40H68NO7+. The molecule has 0 aliphatic heterocycles. The average molecular weight is 675 g/mol. The molecule has 274 valence electrons. The first-order chi connectivity index (χ1) is 23.1. The third-order valence-electron chi connectivity index (χ3n) is 7.75. The monoisotopic (exact) mass is 674 g/mol. The zero-order valence-electron chi connectivity index (χ0n) is 30.9. The highest BCUT2D eigenvalue weighted by molar-refractivity contribution is 5.72. The third-order valence-corrected chi connectivity index (χ3v) is 7.75. The highest BCUT2D eigenvalue weighted by atomic mass is 16.6. The van der Waals surface area contributed by atoms with E-state index in [-0.39, 0.29) is 42.7 Å². The van der Waals surface area contributed by atoms with Crippen LogP contribution in [0.5, 0.6) is 0 Å². The molecular weight excluding hydrogens is 606 g/mol. The van der Waals surface area contributed by atoms with Crippen molar-refractivity contribution in [1.82, 2.24) is 0 Å². The van der Waals surface area contributed by atoms with Gasteiger partial charge in [0.25, 0.3) is 0 Å². The molecule has 0 aromatic heterocycles. The van der Waals surface area contributed by atoms with Gasteiger partial charge in [-0.15, -0.1) is 0 Å². The molecule has 0 spiro atoms. The molecule has 0 saturated heterocycles. The minimum Gasteiger partial charge on any atom is -0.477 e. The van der Waals surface area contributed by atoms with E-state index < -0.39 is 18.1 Å². The second-order valence-electron chi connectivity index (χ2n) is 13.2. The number of allylic oxidation sites excluding steroid dienone is 10. The lowest BCUT2D eigenvalue weighted by Gasteiger charge is -2.31. The number of hydrogen-bond donors (Lipinski definition) is 1. The van der Waals surface area contributed by atoms with Crippen molar-refractivity contribution < 1.29 is 38.2 Å². The molecule has 0 saturated carbocycles. The van der Waals surface area contributed by atoms with E-state index in [4.69, 9.17) is 14.2 Å². The van der Waals surface area contributed by atoms with Gasteiger partial charge in [0.05, 0.1) is 34.4 Å². The van der Waals surface area contributed by atoms with Crippen LogP contribution in [0.15, 0.2) is 60.8 Å². The van der Waals surface area contributed by atoms with Gasteiger partial charge < -0.3 is 23.8 Å². The van der Waals surface area contributed by atoms with E-state index in [2.05, 4.69) is 38.2 Å². The minimum absolute atomic E-state index is 0.0395. The topological polar surface area (TPSA) is 99.1 Å². The van der Waals surface area contributed by atoms with Crippen molar-refractivity contribution in [3.63, 3.8) is 0 Å². The Labute approximate surface area is 292 Å². The molecule has 48 heavy (non-hydrogen) atoms. The molecule has 2 unspecified atom stereocenters. The summed E-state index contributed by atoms with van der Waals surface area (Å²) in [7, 11) is 5.49. The molecule has 0 fully saturated rings. The number of aliphatic carboxylic acids is 1. The van der Waals surface area contributed by atoms with Crippen LogP contribution in [-0.2, 0) is 28.6 Å². The van der Waals surface area contributed by atoms with Gasteiger partial charge in [-0.2, -0.15) is 0 Å². The van der Waals surface area contributed by atoms with E-state index in [0.717, 1.165) is 57.8 Å². The summed E-state index contributed by atoms with van der Waals surface area (Å²) in [6.45, 7) is 4.47. The van der Waals surface area contributed by atoms with Gasteiger partial charge in [-0.05, 0) is 51.4 Å². The molecule has 0 amide bonds. The van der Waals surface area contributed by atoms with Crippen LogP contribution in [-0.4, -0.2) is 80.6 Å². The first-order valence-corrected chi connectivity index (χ1v) is 18.4. The molecule has 0 aliphatic rings. The minimum atomic E-state index is -0.887. The fourth-order valence-electron chi connectivity index (χ4n) is 4.84. The van der Waals surface area contributed by atoms with Gasteiger partial charge in [-0.25, -0.2) is 4.79 Å². The number of quaternary nitrogens is 1. The van der Waals surface area contributed by atoms with Gasteiger partial charge in [-0.3, -0.25) is 9.59 Å². The maximum Gasteiger partial charge on any atom is 0.362 e. The summed E-state index contributed by atoms with van der Waals surface area (Å²) in [6, 6.07) is -0.623. The molecule has 8 nitrogen and oxygen atoms in total. The molecule has 0 rings (SSSR count). The van der Waals surface area contributed by atoms with Crippen molar-refractivity contribution in [2.24, 2.45) is 0 Å². The number of rotatable bonds is 31. The molecule has 0 heterocycles. The third kappa shape index (κ3) is 29.2. The number of carbonyl (C=O) groups excluding carboxylic acids is 2. The van der Waals surface area contributed by atoms with Crippen LogP contribution in [0.3, 0.4) is 0 Å². The molecule has 0 bridgehead atoms. The van der Waals surface area contributed by atoms with Crippen molar-refractivity contribution >= 4 is 17.9 Å². The molecule has 8 heteroatoms. The molecule has 0 aromatic carbocycles. The Bertz CT molecular complexity index is 975. The van der Waals surface area contributed by atoms with Gasteiger partial charge >= 0.3 is 17.9 Å². The zero-order chi connectivity index (χ0) is 35.7. The second kappa shape index (κ2) is 31.3. The van der Waals surface area contributed by atoms with Gasteiger partial charge in [0, 0.05) is 19.3 Å². The highest BCUT2D eigenvalue weighted by Gasteiger charge is 2.31. The van der Waals surface area contributed by atoms with Crippen LogP contribution in [0.25, 0.3) is 0 Å². The predicted octanol–water partition coefficient (Wildman–Crippen LogP) is 9.07. The van der Waals surface area contributed by atoms with Gasteiger partial charge in [0.15, 0.2) is 12.1 Å². The Morgan fingerprint density at radius 2 is 1.19 bits per heavy atom. The first-order valence-electron chi connectivity index (χ1n) is 18.4. The van der Waals surface area contributed by atoms with Crippen molar-refractivity contribution in [2.45, 2.75) is 135 Å². The molecule has 2 atom stereocenters. The predicted molar refractivity (Wildman–Crippen MR) is 197 cm³/mol. The molecule has 0 aromatic rings. The summed E-state index contributed by atoms with van der Waals surface area (Å²) in [5, 5.41) is 9.57. The van der Waals surface area contributed by atoms with E-state index >= 15 is 0 Å². The van der Waals surface area contributed by atoms with E-state index in [1.165, 1.54) is 25.7 Å². The van der Waals surface area contributed by atoms with Crippen LogP contribution in [0, 0.1) is 0 Å². The quantitative estimate of drug-likeness (QED) is 0.0258.